The number of rotatable bonds is 2. The maximum atomic E-state index is 10.3. The van der Waals surface area contributed by atoms with Gasteiger partial charge in [-0.1, -0.05) is 100 Å². The van der Waals surface area contributed by atoms with Gasteiger partial charge in [0, 0.05) is 38.5 Å². The van der Waals surface area contributed by atoms with E-state index in [9.17, 15) is 5.26 Å². The molecular weight excluding hydrogens is 526 g/mol. The summed E-state index contributed by atoms with van der Waals surface area (Å²) in [4.78, 5) is 10.2. The third-order valence-electron chi connectivity index (χ3n) is 9.39. The minimum atomic E-state index is -0.326. The summed E-state index contributed by atoms with van der Waals surface area (Å²) >= 11 is 0. The lowest BCUT2D eigenvalue weighted by molar-refractivity contribution is 0.418. The summed E-state index contributed by atoms with van der Waals surface area (Å²) in [5.41, 5.74) is 10.8. The van der Waals surface area contributed by atoms with Gasteiger partial charge in [-0.3, -0.25) is 0 Å². The molecule has 0 radical (unpaired) electrons. The average Bonchev–Trinajstić information content (AvgIpc) is 3.26. The highest BCUT2D eigenvalue weighted by molar-refractivity contribution is 5.95. The maximum Gasteiger partial charge on any atom is 0.161 e. The first-order chi connectivity index (χ1) is 20.8. The van der Waals surface area contributed by atoms with Crippen LogP contribution in [0.5, 0.6) is 11.5 Å². The molecule has 4 heteroatoms. The van der Waals surface area contributed by atoms with Crippen molar-refractivity contribution < 1.29 is 4.74 Å². The van der Waals surface area contributed by atoms with E-state index in [1.165, 1.54) is 22.3 Å². The Morgan fingerprint density at radius 2 is 1.30 bits per heavy atom. The Balaban J connectivity index is 1.34. The Morgan fingerprint density at radius 3 is 2.14 bits per heavy atom. The predicted octanol–water partition coefficient (Wildman–Crippen LogP) is 9.57. The molecule has 0 N–H and O–H groups in total. The first-order valence-electron chi connectivity index (χ1n) is 14.7. The fourth-order valence-corrected chi connectivity index (χ4v) is 7.03. The summed E-state index contributed by atoms with van der Waals surface area (Å²) in [6.07, 6.45) is 0. The van der Waals surface area contributed by atoms with Gasteiger partial charge in [0.25, 0.3) is 0 Å². The van der Waals surface area contributed by atoms with Crippen LogP contribution in [-0.4, -0.2) is 9.97 Å². The quantitative estimate of drug-likeness (QED) is 0.213. The topological polar surface area (TPSA) is 58.8 Å². The van der Waals surface area contributed by atoms with Crippen LogP contribution in [0, 0.1) is 11.3 Å². The van der Waals surface area contributed by atoms with Gasteiger partial charge < -0.3 is 4.74 Å². The van der Waals surface area contributed by atoms with Crippen LogP contribution in [0.25, 0.3) is 44.7 Å². The van der Waals surface area contributed by atoms with Crippen LogP contribution in [0.3, 0.4) is 0 Å². The fraction of sp³-hybridized carbons (Fsp3) is 0.154. The Kier molecular flexibility index (Phi) is 5.24. The normalized spacial score (nSPS) is 15.0. The molecule has 0 bridgehead atoms. The van der Waals surface area contributed by atoms with Crippen molar-refractivity contribution in [3.05, 3.63) is 131 Å². The van der Waals surface area contributed by atoms with Crippen molar-refractivity contribution >= 4 is 10.9 Å². The van der Waals surface area contributed by atoms with Crippen molar-refractivity contribution in [2.75, 3.05) is 0 Å². The van der Waals surface area contributed by atoms with Gasteiger partial charge in [0.2, 0.25) is 0 Å². The molecule has 2 aliphatic rings. The minimum Gasteiger partial charge on any atom is -0.457 e. The SMILES string of the molecule is CC1(C)c2ccccc2Oc2cc(C#N)c(-c3nc(-c4ccc5c(c4)C(C)(C)c4ccccc4-5)c4ccccc4n3)cc21. The fourth-order valence-electron chi connectivity index (χ4n) is 7.03. The zero-order valence-corrected chi connectivity index (χ0v) is 24.6. The smallest absolute Gasteiger partial charge is 0.161 e. The molecule has 5 aromatic carbocycles. The molecule has 2 heterocycles. The lowest BCUT2D eigenvalue weighted by Gasteiger charge is -2.34. The summed E-state index contributed by atoms with van der Waals surface area (Å²) < 4.78 is 6.31. The van der Waals surface area contributed by atoms with E-state index in [0.717, 1.165) is 39.0 Å². The number of nitrogens with zero attached hydrogens (tertiary/aromatic N) is 3. The first-order valence-corrected chi connectivity index (χ1v) is 14.7. The number of hydrogen-bond donors (Lipinski definition) is 0. The van der Waals surface area contributed by atoms with Gasteiger partial charge in [-0.15, -0.1) is 0 Å². The third kappa shape index (κ3) is 3.61. The van der Waals surface area contributed by atoms with Gasteiger partial charge in [0.05, 0.1) is 16.8 Å². The van der Waals surface area contributed by atoms with Crippen LogP contribution < -0.4 is 4.74 Å². The third-order valence-corrected chi connectivity index (χ3v) is 9.39. The van der Waals surface area contributed by atoms with Gasteiger partial charge in [0.1, 0.15) is 17.6 Å². The molecule has 1 aliphatic heterocycles. The second kappa shape index (κ2) is 8.86. The molecule has 43 heavy (non-hydrogen) atoms. The van der Waals surface area contributed by atoms with Crippen LogP contribution in [0.15, 0.2) is 103 Å². The largest absolute Gasteiger partial charge is 0.457 e. The summed E-state index contributed by atoms with van der Waals surface area (Å²) in [5, 5.41) is 11.3. The number of ether oxygens (including phenoxy) is 1. The monoisotopic (exact) mass is 555 g/mol. The zero-order chi connectivity index (χ0) is 29.5. The minimum absolute atomic E-state index is 0.123. The van der Waals surface area contributed by atoms with Crippen LogP contribution >= 0.6 is 0 Å². The number of aromatic nitrogens is 2. The average molecular weight is 556 g/mol. The van der Waals surface area contributed by atoms with Gasteiger partial charge >= 0.3 is 0 Å². The molecule has 8 rings (SSSR count). The highest BCUT2D eigenvalue weighted by Crippen LogP contribution is 2.51. The summed E-state index contributed by atoms with van der Waals surface area (Å²) in [5.74, 6) is 2.05. The van der Waals surface area contributed by atoms with Crippen molar-refractivity contribution in [2.45, 2.75) is 38.5 Å². The van der Waals surface area contributed by atoms with E-state index < -0.39 is 0 Å². The highest BCUT2D eigenvalue weighted by atomic mass is 16.5. The molecule has 0 saturated heterocycles. The van der Waals surface area contributed by atoms with E-state index in [2.05, 4.69) is 94.4 Å². The second-order valence-corrected chi connectivity index (χ2v) is 12.6. The van der Waals surface area contributed by atoms with Crippen molar-refractivity contribution in [1.82, 2.24) is 9.97 Å². The highest BCUT2D eigenvalue weighted by Gasteiger charge is 2.37. The Morgan fingerprint density at radius 1 is 0.605 bits per heavy atom. The Hall–Kier alpha value is -5.27. The van der Waals surface area contributed by atoms with E-state index in [0.29, 0.717) is 22.7 Å². The van der Waals surface area contributed by atoms with Crippen LogP contribution in [-0.2, 0) is 10.8 Å². The van der Waals surface area contributed by atoms with Gasteiger partial charge in [-0.05, 0) is 52.6 Å². The number of fused-ring (bicyclic) bond motifs is 6. The molecule has 0 fully saturated rings. The lowest BCUT2D eigenvalue weighted by Crippen LogP contribution is -2.24. The zero-order valence-electron chi connectivity index (χ0n) is 24.6. The number of hydrogen-bond acceptors (Lipinski definition) is 4. The molecule has 206 valence electrons. The summed E-state index contributed by atoms with van der Waals surface area (Å²) in [7, 11) is 0. The number of nitriles is 1. The summed E-state index contributed by atoms with van der Waals surface area (Å²) in [6, 6.07) is 37.9. The Labute approximate surface area is 251 Å². The van der Waals surface area contributed by atoms with Crippen molar-refractivity contribution in [2.24, 2.45) is 0 Å². The maximum absolute atomic E-state index is 10.3. The predicted molar refractivity (Wildman–Crippen MR) is 171 cm³/mol. The molecule has 0 atom stereocenters. The van der Waals surface area contributed by atoms with Crippen LogP contribution in [0.4, 0.5) is 0 Å². The van der Waals surface area contributed by atoms with E-state index >= 15 is 0 Å². The van der Waals surface area contributed by atoms with E-state index in [1.54, 1.807) is 0 Å². The van der Waals surface area contributed by atoms with Crippen molar-refractivity contribution in [3.63, 3.8) is 0 Å². The molecular formula is C39H29N3O. The molecule has 6 aromatic rings. The molecule has 0 amide bonds. The van der Waals surface area contributed by atoms with Crippen molar-refractivity contribution in [3.8, 4) is 51.3 Å². The molecule has 0 saturated carbocycles. The summed E-state index contributed by atoms with van der Waals surface area (Å²) in [6.45, 7) is 8.97. The second-order valence-electron chi connectivity index (χ2n) is 12.6. The molecule has 0 unspecified atom stereocenters. The number of para-hydroxylation sites is 2. The van der Waals surface area contributed by atoms with Gasteiger partial charge in [-0.25, -0.2) is 9.97 Å². The van der Waals surface area contributed by atoms with E-state index in [1.807, 2.05) is 42.5 Å². The molecule has 1 aliphatic carbocycles. The van der Waals surface area contributed by atoms with Crippen LogP contribution in [0.2, 0.25) is 0 Å². The molecule has 1 aromatic heterocycles. The van der Waals surface area contributed by atoms with Gasteiger partial charge in [0.15, 0.2) is 5.82 Å². The lowest BCUT2D eigenvalue weighted by atomic mass is 9.75. The van der Waals surface area contributed by atoms with Gasteiger partial charge in [-0.2, -0.15) is 5.26 Å². The van der Waals surface area contributed by atoms with Crippen LogP contribution in [0.1, 0.15) is 55.5 Å². The standard InChI is InChI=1S/C39H29N3O/c1-38(2)29-13-7-5-11-25(29)26-18-17-23(19-31(26)38)36-27-12-6-9-15-33(27)41-37(42-36)28-21-32-35(20-24(28)22-40)43-34-16-10-8-14-30(34)39(32,3)4/h5-21H,1-4H3. The van der Waals surface area contributed by atoms with Crippen molar-refractivity contribution in [1.29, 1.82) is 5.26 Å². The molecule has 0 spiro atoms. The number of benzene rings is 5. The Bertz CT molecular complexity index is 2180. The first kappa shape index (κ1) is 25.4. The van der Waals surface area contributed by atoms with E-state index in [4.69, 9.17) is 14.7 Å². The van der Waals surface area contributed by atoms with E-state index in [-0.39, 0.29) is 10.8 Å². The molecule has 4 nitrogen and oxygen atoms in total.